The maximum atomic E-state index is 12.5. The number of carbonyl (C=O) groups is 1. The van der Waals surface area contributed by atoms with Crippen molar-refractivity contribution in [3.05, 3.63) is 51.1 Å². The Bertz CT molecular complexity index is 1010. The lowest BCUT2D eigenvalue weighted by Gasteiger charge is -2.07. The first-order valence-corrected chi connectivity index (χ1v) is 8.06. The average molecular weight is 345 g/mol. The van der Waals surface area contributed by atoms with E-state index in [0.717, 1.165) is 5.52 Å². The highest BCUT2D eigenvalue weighted by Crippen LogP contribution is 2.22. The van der Waals surface area contributed by atoms with E-state index in [2.05, 4.69) is 10.1 Å². The van der Waals surface area contributed by atoms with Crippen LogP contribution in [0.2, 0.25) is 0 Å². The molecule has 1 aromatic carbocycles. The van der Waals surface area contributed by atoms with E-state index in [0.29, 0.717) is 15.2 Å². The highest BCUT2D eigenvalue weighted by Gasteiger charge is 2.15. The van der Waals surface area contributed by atoms with Crippen molar-refractivity contribution in [1.82, 2.24) is 14.3 Å². The Labute approximate surface area is 140 Å². The molecule has 0 N–H and O–H groups in total. The normalized spacial score (nSPS) is 12.2. The topological polar surface area (TPSA) is 95.3 Å². The Morgan fingerprint density at radius 3 is 2.79 bits per heavy atom. The molecule has 9 heteroatoms. The van der Waals surface area contributed by atoms with E-state index in [1.165, 1.54) is 23.5 Å². The predicted octanol–water partition coefficient (Wildman–Crippen LogP) is 2.67. The molecule has 3 rings (SSSR count). The van der Waals surface area contributed by atoms with E-state index in [1.807, 2.05) is 13.8 Å². The van der Waals surface area contributed by atoms with Crippen LogP contribution in [0.3, 0.4) is 0 Å². The molecule has 0 saturated heterocycles. The van der Waals surface area contributed by atoms with E-state index in [1.54, 1.807) is 34.6 Å². The van der Waals surface area contributed by atoms with Crippen LogP contribution in [0.25, 0.3) is 10.2 Å². The zero-order valence-corrected chi connectivity index (χ0v) is 14.1. The second-order valence-electron chi connectivity index (χ2n) is 5.52. The first-order valence-electron chi connectivity index (χ1n) is 7.25. The van der Waals surface area contributed by atoms with Gasteiger partial charge < -0.3 is 4.57 Å². The number of hydrogen-bond acceptors (Lipinski definition) is 5. The molecule has 0 spiro atoms. The molecule has 0 fully saturated rings. The number of hydrogen-bond donors (Lipinski definition) is 0. The maximum absolute atomic E-state index is 12.5. The van der Waals surface area contributed by atoms with Gasteiger partial charge in [0.2, 0.25) is 0 Å². The van der Waals surface area contributed by atoms with Crippen LogP contribution in [0, 0.1) is 10.1 Å². The minimum atomic E-state index is -0.442. The average Bonchev–Trinajstić information content (AvgIpc) is 3.13. The first-order chi connectivity index (χ1) is 11.4. The van der Waals surface area contributed by atoms with Crippen LogP contribution in [0.5, 0.6) is 0 Å². The van der Waals surface area contributed by atoms with Crippen molar-refractivity contribution in [1.29, 1.82) is 0 Å². The number of nitro benzene ring substituents is 1. The Morgan fingerprint density at radius 2 is 2.12 bits per heavy atom. The van der Waals surface area contributed by atoms with Crippen molar-refractivity contribution < 1.29 is 9.72 Å². The summed E-state index contributed by atoms with van der Waals surface area (Å²) in [6, 6.07) is 6.26. The fourth-order valence-corrected chi connectivity index (χ4v) is 3.43. The molecule has 3 aromatic rings. The number of thiazole rings is 1. The molecule has 0 saturated carbocycles. The van der Waals surface area contributed by atoms with Crippen LogP contribution < -0.4 is 4.80 Å². The molecule has 2 aromatic heterocycles. The number of nitro groups is 1. The summed E-state index contributed by atoms with van der Waals surface area (Å²) < 4.78 is 4.07. The number of carbonyl (C=O) groups excluding carboxylic acids is 1. The fourth-order valence-electron chi connectivity index (χ4n) is 2.38. The quantitative estimate of drug-likeness (QED) is 0.538. The van der Waals surface area contributed by atoms with Gasteiger partial charge in [-0.1, -0.05) is 11.3 Å². The Hall–Kier alpha value is -2.81. The van der Waals surface area contributed by atoms with Crippen LogP contribution in [-0.4, -0.2) is 25.2 Å². The van der Waals surface area contributed by atoms with Crippen LogP contribution in [0.1, 0.15) is 30.4 Å². The highest BCUT2D eigenvalue weighted by atomic mass is 32.1. The lowest BCUT2D eigenvalue weighted by Crippen LogP contribution is -2.16. The standard InChI is InChI=1S/C15H15N5O3S/c1-9(2)19-12(6-7-16-19)14(21)17-15-18(3)11-5-4-10(20(22)23)8-13(11)24-15/h4-9H,1-3H3. The number of amides is 1. The highest BCUT2D eigenvalue weighted by molar-refractivity contribution is 7.16. The number of non-ortho nitro benzene ring substituents is 1. The van der Waals surface area contributed by atoms with Gasteiger partial charge in [0.15, 0.2) is 4.80 Å². The molecule has 0 aliphatic carbocycles. The van der Waals surface area contributed by atoms with Crippen molar-refractivity contribution in [3.8, 4) is 0 Å². The largest absolute Gasteiger partial charge is 0.319 e. The van der Waals surface area contributed by atoms with Crippen molar-refractivity contribution in [2.24, 2.45) is 12.0 Å². The van der Waals surface area contributed by atoms with Crippen molar-refractivity contribution in [2.45, 2.75) is 19.9 Å². The van der Waals surface area contributed by atoms with Crippen molar-refractivity contribution in [2.75, 3.05) is 0 Å². The first kappa shape index (κ1) is 16.1. The SMILES string of the molecule is CC(C)n1nccc1C(=O)N=c1sc2cc([N+](=O)[O-])ccc2n1C. The summed E-state index contributed by atoms with van der Waals surface area (Å²) in [5.41, 5.74) is 1.21. The summed E-state index contributed by atoms with van der Waals surface area (Å²) in [6.07, 6.45) is 1.57. The minimum Gasteiger partial charge on any atom is -0.319 e. The summed E-state index contributed by atoms with van der Waals surface area (Å²) in [7, 11) is 1.77. The zero-order chi connectivity index (χ0) is 17.4. The monoisotopic (exact) mass is 345 g/mol. The molecule has 0 atom stereocenters. The number of rotatable bonds is 3. The maximum Gasteiger partial charge on any atom is 0.297 e. The molecule has 8 nitrogen and oxygen atoms in total. The number of benzene rings is 1. The van der Waals surface area contributed by atoms with Gasteiger partial charge >= 0.3 is 0 Å². The number of aromatic nitrogens is 3. The fraction of sp³-hybridized carbons (Fsp3) is 0.267. The summed E-state index contributed by atoms with van der Waals surface area (Å²) in [4.78, 5) is 27.6. The van der Waals surface area contributed by atoms with Crippen molar-refractivity contribution >= 4 is 33.1 Å². The minimum absolute atomic E-state index is 0.0140. The number of nitrogens with zero attached hydrogens (tertiary/aromatic N) is 5. The number of aryl methyl sites for hydroxylation is 1. The van der Waals surface area contributed by atoms with Gasteiger partial charge in [0, 0.05) is 31.4 Å². The molecule has 0 radical (unpaired) electrons. The second-order valence-corrected chi connectivity index (χ2v) is 6.53. The van der Waals surface area contributed by atoms with E-state index in [4.69, 9.17) is 0 Å². The van der Waals surface area contributed by atoms with Gasteiger partial charge in [-0.25, -0.2) is 0 Å². The van der Waals surface area contributed by atoms with Crippen LogP contribution in [-0.2, 0) is 7.05 Å². The lowest BCUT2D eigenvalue weighted by atomic mass is 10.3. The third-order valence-electron chi connectivity index (χ3n) is 3.58. The van der Waals surface area contributed by atoms with Gasteiger partial charge in [-0.3, -0.25) is 19.6 Å². The second kappa shape index (κ2) is 6.00. The molecular weight excluding hydrogens is 330 g/mol. The Kier molecular flexibility index (Phi) is 4.02. The summed E-state index contributed by atoms with van der Waals surface area (Å²) in [5, 5.41) is 15.0. The molecule has 0 unspecified atom stereocenters. The lowest BCUT2D eigenvalue weighted by molar-refractivity contribution is -0.384. The summed E-state index contributed by atoms with van der Waals surface area (Å²) in [6.45, 7) is 3.87. The Balaban J connectivity index is 2.09. The molecule has 0 aliphatic rings. The van der Waals surface area contributed by atoms with Crippen molar-refractivity contribution in [3.63, 3.8) is 0 Å². The molecule has 124 valence electrons. The van der Waals surface area contributed by atoms with E-state index >= 15 is 0 Å². The van der Waals surface area contributed by atoms with Crippen LogP contribution >= 0.6 is 11.3 Å². The third-order valence-corrected chi connectivity index (χ3v) is 4.67. The van der Waals surface area contributed by atoms with Crippen LogP contribution in [0.4, 0.5) is 5.69 Å². The van der Waals surface area contributed by atoms with Gasteiger partial charge in [0.25, 0.3) is 11.6 Å². The van der Waals surface area contributed by atoms with Gasteiger partial charge in [0.1, 0.15) is 5.69 Å². The summed E-state index contributed by atoms with van der Waals surface area (Å²) in [5.74, 6) is -0.391. The zero-order valence-electron chi connectivity index (χ0n) is 13.3. The van der Waals surface area contributed by atoms with Gasteiger partial charge in [-0.2, -0.15) is 10.1 Å². The van der Waals surface area contributed by atoms with Crippen LogP contribution in [0.15, 0.2) is 35.5 Å². The molecule has 2 heterocycles. The van der Waals surface area contributed by atoms with Gasteiger partial charge in [0.05, 0.1) is 15.1 Å². The number of fused-ring (bicyclic) bond motifs is 1. The van der Waals surface area contributed by atoms with E-state index in [-0.39, 0.29) is 11.7 Å². The smallest absolute Gasteiger partial charge is 0.297 e. The van der Waals surface area contributed by atoms with Gasteiger partial charge in [-0.05, 0) is 26.0 Å². The molecule has 0 aliphatic heterocycles. The third kappa shape index (κ3) is 2.73. The molecule has 0 bridgehead atoms. The van der Waals surface area contributed by atoms with Gasteiger partial charge in [-0.15, -0.1) is 0 Å². The molecule has 24 heavy (non-hydrogen) atoms. The predicted molar refractivity (Wildman–Crippen MR) is 90.0 cm³/mol. The van der Waals surface area contributed by atoms with E-state index in [9.17, 15) is 14.9 Å². The Morgan fingerprint density at radius 1 is 1.38 bits per heavy atom. The molecule has 1 amide bonds. The summed E-state index contributed by atoms with van der Waals surface area (Å²) >= 11 is 1.24. The van der Waals surface area contributed by atoms with E-state index < -0.39 is 10.8 Å². The molecular formula is C15H15N5O3S.